The molecule has 8 atom stereocenters. The summed E-state index contributed by atoms with van der Waals surface area (Å²) >= 11 is 0. The van der Waals surface area contributed by atoms with Gasteiger partial charge in [0.25, 0.3) is 0 Å². The maximum atomic E-state index is 11.4. The third-order valence-electron chi connectivity index (χ3n) is 4.25. The summed E-state index contributed by atoms with van der Waals surface area (Å²) in [7, 11) is 0. The molecule has 2 aliphatic rings. The minimum atomic E-state index is -2.80. The standard InChI is InChI=1S/C14H21NO11/c1-4(17)15-11-10(21)9(20)7(3-16)26-14(11,24)12-8(19)5(18)2-6(25-12)13(22)23/h2,5,7-12,16,18-21,24H,3H2,1H3,(H,15,17)(H,22,23)/t5-,7+,8+,9+,10-,11+,12?,14?/m0/s1. The van der Waals surface area contributed by atoms with E-state index >= 15 is 0 Å². The van der Waals surface area contributed by atoms with Gasteiger partial charge >= 0.3 is 5.97 Å². The number of carboxylic acids is 1. The molecule has 2 rings (SSSR count). The van der Waals surface area contributed by atoms with E-state index < -0.39 is 72.7 Å². The van der Waals surface area contributed by atoms with Gasteiger partial charge in [0.2, 0.25) is 17.5 Å². The third kappa shape index (κ3) is 3.53. The number of hydrogen-bond donors (Lipinski definition) is 8. The molecule has 26 heavy (non-hydrogen) atoms. The number of rotatable bonds is 4. The maximum absolute atomic E-state index is 11.4. The first-order chi connectivity index (χ1) is 12.0. The van der Waals surface area contributed by atoms with Gasteiger partial charge in [-0.15, -0.1) is 0 Å². The van der Waals surface area contributed by atoms with Crippen LogP contribution in [0.2, 0.25) is 0 Å². The van der Waals surface area contributed by atoms with Crippen LogP contribution in [0, 0.1) is 0 Å². The first-order valence-electron chi connectivity index (χ1n) is 7.65. The lowest BCUT2D eigenvalue weighted by Crippen LogP contribution is -2.76. The van der Waals surface area contributed by atoms with E-state index in [4.69, 9.17) is 14.6 Å². The van der Waals surface area contributed by atoms with Crippen molar-refractivity contribution in [2.75, 3.05) is 6.61 Å². The van der Waals surface area contributed by atoms with E-state index in [1.54, 1.807) is 0 Å². The van der Waals surface area contributed by atoms with E-state index in [1.807, 2.05) is 0 Å². The van der Waals surface area contributed by atoms with Crippen molar-refractivity contribution in [3.8, 4) is 0 Å². The zero-order valence-electron chi connectivity index (χ0n) is 13.6. The summed E-state index contributed by atoms with van der Waals surface area (Å²) in [4.78, 5) is 22.6. The lowest BCUT2D eigenvalue weighted by Gasteiger charge is -2.51. The van der Waals surface area contributed by atoms with Crippen LogP contribution in [0.3, 0.4) is 0 Å². The Hall–Kier alpha value is -1.80. The molecule has 2 heterocycles. The summed E-state index contributed by atoms with van der Waals surface area (Å²) in [6.07, 6.45) is -10.1. The number of carbonyl (C=O) groups is 2. The van der Waals surface area contributed by atoms with Gasteiger partial charge in [-0.05, 0) is 6.08 Å². The molecule has 0 aromatic rings. The topological polar surface area (TPSA) is 206 Å². The number of aliphatic hydroxyl groups is 6. The highest BCUT2D eigenvalue weighted by Crippen LogP contribution is 2.37. The van der Waals surface area contributed by atoms with Crippen molar-refractivity contribution < 1.29 is 54.8 Å². The van der Waals surface area contributed by atoms with Gasteiger partial charge in [0.05, 0.1) is 6.61 Å². The third-order valence-corrected chi connectivity index (χ3v) is 4.25. The highest BCUT2D eigenvalue weighted by Gasteiger charge is 2.62. The molecule has 1 fully saturated rings. The predicted molar refractivity (Wildman–Crippen MR) is 79.1 cm³/mol. The van der Waals surface area contributed by atoms with Crippen molar-refractivity contribution >= 4 is 11.9 Å². The van der Waals surface area contributed by atoms with Crippen LogP contribution < -0.4 is 5.32 Å². The number of ether oxygens (including phenoxy) is 2. The van der Waals surface area contributed by atoms with E-state index in [0.29, 0.717) is 6.08 Å². The fourth-order valence-electron chi connectivity index (χ4n) is 2.97. The van der Waals surface area contributed by atoms with Crippen molar-refractivity contribution in [1.29, 1.82) is 0 Å². The highest BCUT2D eigenvalue weighted by atomic mass is 16.7. The van der Waals surface area contributed by atoms with Crippen molar-refractivity contribution in [3.63, 3.8) is 0 Å². The van der Waals surface area contributed by atoms with Gasteiger partial charge in [0.15, 0.2) is 6.10 Å². The normalized spacial score (nSPS) is 43.2. The second-order valence-corrected chi connectivity index (χ2v) is 6.11. The Morgan fingerprint density at radius 3 is 2.31 bits per heavy atom. The Bertz CT molecular complexity index is 595. The fourth-order valence-corrected chi connectivity index (χ4v) is 2.97. The number of amides is 1. The lowest BCUT2D eigenvalue weighted by atomic mass is 9.83. The SMILES string of the molecule is CC(=O)N[C@@H]1[C@@H](O)[C@H](O)[C@@H](CO)OC1(O)C1OC(C(=O)O)=C[C@H](O)[C@H]1O. The smallest absolute Gasteiger partial charge is 0.370 e. The van der Waals surface area contributed by atoms with Gasteiger partial charge in [-0.1, -0.05) is 0 Å². The maximum Gasteiger partial charge on any atom is 0.370 e. The van der Waals surface area contributed by atoms with Gasteiger partial charge in [0, 0.05) is 6.92 Å². The monoisotopic (exact) mass is 379 g/mol. The first kappa shape index (κ1) is 20.5. The van der Waals surface area contributed by atoms with E-state index in [1.165, 1.54) is 0 Å². The molecule has 0 saturated carbocycles. The Morgan fingerprint density at radius 2 is 1.81 bits per heavy atom. The molecular formula is C14H21NO11. The molecule has 1 saturated heterocycles. The van der Waals surface area contributed by atoms with Crippen LogP contribution in [-0.2, 0) is 19.1 Å². The molecule has 0 spiro atoms. The average molecular weight is 379 g/mol. The summed E-state index contributed by atoms with van der Waals surface area (Å²) in [6.45, 7) is 0.174. The molecule has 0 aliphatic carbocycles. The Balaban J connectivity index is 2.47. The number of aliphatic carboxylic acids is 1. The molecule has 1 amide bonds. The fraction of sp³-hybridized carbons (Fsp3) is 0.714. The molecule has 0 aromatic carbocycles. The number of carboxylic acid groups (broad SMARTS) is 1. The molecule has 148 valence electrons. The summed E-state index contributed by atoms with van der Waals surface area (Å²) < 4.78 is 10.2. The van der Waals surface area contributed by atoms with E-state index in [2.05, 4.69) is 5.32 Å². The molecule has 12 heteroatoms. The molecule has 0 aromatic heterocycles. The summed E-state index contributed by atoms with van der Waals surface area (Å²) in [5.41, 5.74) is 0. The van der Waals surface area contributed by atoms with Gasteiger partial charge in [0.1, 0.15) is 36.6 Å². The Labute approximate surface area is 146 Å². The average Bonchev–Trinajstić information content (AvgIpc) is 2.56. The van der Waals surface area contributed by atoms with Gasteiger partial charge in [-0.2, -0.15) is 0 Å². The molecule has 0 radical (unpaired) electrons. The predicted octanol–water partition coefficient (Wildman–Crippen LogP) is -4.62. The van der Waals surface area contributed by atoms with Crippen molar-refractivity contribution in [1.82, 2.24) is 5.32 Å². The molecule has 2 aliphatic heterocycles. The second kappa shape index (κ2) is 7.44. The van der Waals surface area contributed by atoms with Gasteiger partial charge < -0.3 is 50.5 Å². The molecular weight excluding hydrogens is 358 g/mol. The van der Waals surface area contributed by atoms with Crippen LogP contribution in [0.1, 0.15) is 6.92 Å². The van der Waals surface area contributed by atoms with Crippen molar-refractivity contribution in [2.24, 2.45) is 0 Å². The zero-order chi connectivity index (χ0) is 19.8. The second-order valence-electron chi connectivity index (χ2n) is 6.11. The largest absolute Gasteiger partial charge is 0.475 e. The summed E-state index contributed by atoms with van der Waals surface area (Å²) in [5.74, 6) is -5.98. The number of aliphatic hydroxyl groups excluding tert-OH is 5. The van der Waals surface area contributed by atoms with E-state index in [9.17, 15) is 40.2 Å². The van der Waals surface area contributed by atoms with E-state index in [-0.39, 0.29) is 0 Å². The molecule has 2 unspecified atom stereocenters. The molecule has 0 bridgehead atoms. The molecule has 12 nitrogen and oxygen atoms in total. The lowest BCUT2D eigenvalue weighted by molar-refractivity contribution is -0.362. The van der Waals surface area contributed by atoms with Crippen LogP contribution in [0.15, 0.2) is 11.8 Å². The highest BCUT2D eigenvalue weighted by molar-refractivity contribution is 5.84. The number of hydrogen-bond acceptors (Lipinski definition) is 10. The molecule has 8 N–H and O–H groups in total. The van der Waals surface area contributed by atoms with Gasteiger partial charge in [-0.25, -0.2) is 4.79 Å². The van der Waals surface area contributed by atoms with Crippen molar-refractivity contribution in [2.45, 2.75) is 55.4 Å². The number of carbonyl (C=O) groups excluding carboxylic acids is 1. The first-order valence-corrected chi connectivity index (χ1v) is 7.65. The quantitative estimate of drug-likeness (QED) is 0.233. The van der Waals surface area contributed by atoms with Crippen LogP contribution in [0.4, 0.5) is 0 Å². The minimum Gasteiger partial charge on any atom is -0.475 e. The van der Waals surface area contributed by atoms with Crippen molar-refractivity contribution in [3.05, 3.63) is 11.8 Å². The minimum absolute atomic E-state index is 0.692. The van der Waals surface area contributed by atoms with Crippen LogP contribution in [0.25, 0.3) is 0 Å². The van der Waals surface area contributed by atoms with E-state index in [0.717, 1.165) is 6.92 Å². The Morgan fingerprint density at radius 1 is 1.19 bits per heavy atom. The van der Waals surface area contributed by atoms with Gasteiger partial charge in [-0.3, -0.25) is 4.79 Å². The zero-order valence-corrected chi connectivity index (χ0v) is 13.6. The van der Waals surface area contributed by atoms with Crippen LogP contribution in [-0.4, -0.2) is 103 Å². The Kier molecular flexibility index (Phi) is 5.87. The summed E-state index contributed by atoms with van der Waals surface area (Å²) in [6, 6.07) is -1.78. The van der Waals surface area contributed by atoms with Crippen LogP contribution >= 0.6 is 0 Å². The summed E-state index contributed by atoms with van der Waals surface area (Å²) in [5, 5.41) is 71.6. The number of nitrogens with one attached hydrogen (secondary N) is 1. The van der Waals surface area contributed by atoms with Crippen LogP contribution in [0.5, 0.6) is 0 Å².